The predicted molar refractivity (Wildman–Crippen MR) is 64.1 cm³/mol. The van der Waals surface area contributed by atoms with Crippen molar-refractivity contribution in [2.45, 2.75) is 19.8 Å². The molecule has 1 saturated heterocycles. The van der Waals surface area contributed by atoms with Crippen molar-refractivity contribution >= 4 is 5.97 Å². The summed E-state index contributed by atoms with van der Waals surface area (Å²) in [6.45, 7) is 5.81. The second-order valence-electron chi connectivity index (χ2n) is 4.60. The van der Waals surface area contributed by atoms with E-state index in [1.165, 1.54) is 0 Å². The largest absolute Gasteiger partial charge is 0.481 e. The van der Waals surface area contributed by atoms with E-state index in [0.29, 0.717) is 32.8 Å². The zero-order valence-electron chi connectivity index (χ0n) is 10.8. The van der Waals surface area contributed by atoms with E-state index < -0.39 is 11.4 Å². The van der Waals surface area contributed by atoms with Crippen molar-refractivity contribution in [3.05, 3.63) is 0 Å². The minimum Gasteiger partial charge on any atom is -0.481 e. The molecule has 0 spiro atoms. The number of aliphatic carboxylic acids is 1. The third kappa shape index (κ3) is 3.94. The lowest BCUT2D eigenvalue weighted by atomic mass is 9.82. The van der Waals surface area contributed by atoms with Gasteiger partial charge in [-0.3, -0.25) is 4.79 Å². The molecule has 0 aromatic rings. The number of carbonyl (C=O) groups is 1. The van der Waals surface area contributed by atoms with Gasteiger partial charge in [0, 0.05) is 26.8 Å². The number of nitrogens with zero attached hydrogens (tertiary/aromatic N) is 1. The molecule has 17 heavy (non-hydrogen) atoms. The molecule has 0 aromatic heterocycles. The summed E-state index contributed by atoms with van der Waals surface area (Å²) in [5.74, 6) is -0.743. The van der Waals surface area contributed by atoms with Crippen LogP contribution < -0.4 is 0 Å². The molecule has 1 atom stereocenters. The Bertz CT molecular complexity index is 239. The summed E-state index contributed by atoms with van der Waals surface area (Å²) < 4.78 is 10.4. The molecule has 100 valence electrons. The van der Waals surface area contributed by atoms with E-state index in [1.807, 2.05) is 6.92 Å². The molecule has 1 rings (SSSR count). The average Bonchev–Trinajstić information content (AvgIpc) is 2.35. The van der Waals surface area contributed by atoms with Crippen LogP contribution in [-0.4, -0.2) is 62.5 Å². The lowest BCUT2D eigenvalue weighted by molar-refractivity contribution is -0.159. The third-order valence-electron chi connectivity index (χ3n) is 3.36. The molecule has 1 aliphatic heterocycles. The Labute approximate surface area is 103 Å². The van der Waals surface area contributed by atoms with Gasteiger partial charge in [-0.25, -0.2) is 0 Å². The van der Waals surface area contributed by atoms with Gasteiger partial charge in [0.2, 0.25) is 0 Å². The van der Waals surface area contributed by atoms with Gasteiger partial charge in [0.05, 0.1) is 13.2 Å². The maximum Gasteiger partial charge on any atom is 0.313 e. The van der Waals surface area contributed by atoms with Crippen molar-refractivity contribution in [3.8, 4) is 0 Å². The number of ether oxygens (including phenoxy) is 2. The van der Waals surface area contributed by atoms with E-state index in [2.05, 4.69) is 4.90 Å². The van der Waals surface area contributed by atoms with Gasteiger partial charge >= 0.3 is 5.97 Å². The van der Waals surface area contributed by atoms with Crippen LogP contribution in [0.1, 0.15) is 19.8 Å². The van der Waals surface area contributed by atoms with E-state index in [0.717, 1.165) is 19.5 Å². The molecular weight excluding hydrogens is 222 g/mol. The molecule has 0 saturated carbocycles. The predicted octanol–water partition coefficient (Wildman–Crippen LogP) is 0.836. The summed E-state index contributed by atoms with van der Waals surface area (Å²) in [6.07, 6.45) is 1.53. The van der Waals surface area contributed by atoms with Crippen molar-refractivity contribution in [1.82, 2.24) is 4.90 Å². The molecule has 0 radical (unpaired) electrons. The fourth-order valence-electron chi connectivity index (χ4n) is 2.21. The Morgan fingerprint density at radius 2 is 2.35 bits per heavy atom. The van der Waals surface area contributed by atoms with Gasteiger partial charge in [0.15, 0.2) is 0 Å². The highest BCUT2D eigenvalue weighted by molar-refractivity contribution is 5.75. The molecule has 0 bridgehead atoms. The first-order valence-electron chi connectivity index (χ1n) is 6.17. The Kier molecular flexibility index (Phi) is 5.88. The molecule has 1 unspecified atom stereocenters. The van der Waals surface area contributed by atoms with E-state index in [1.54, 1.807) is 7.11 Å². The molecular formula is C12H23NO4. The van der Waals surface area contributed by atoms with Crippen molar-refractivity contribution in [3.63, 3.8) is 0 Å². The van der Waals surface area contributed by atoms with Crippen LogP contribution in [0.15, 0.2) is 0 Å². The van der Waals surface area contributed by atoms with E-state index in [9.17, 15) is 9.90 Å². The van der Waals surface area contributed by atoms with Gasteiger partial charge in [0.25, 0.3) is 0 Å². The molecule has 1 fully saturated rings. The van der Waals surface area contributed by atoms with Gasteiger partial charge in [-0.1, -0.05) is 6.92 Å². The lowest BCUT2D eigenvalue weighted by Crippen LogP contribution is -2.49. The van der Waals surface area contributed by atoms with Gasteiger partial charge in [-0.05, 0) is 19.4 Å². The van der Waals surface area contributed by atoms with Crippen molar-refractivity contribution in [2.24, 2.45) is 5.41 Å². The highest BCUT2D eigenvalue weighted by Crippen LogP contribution is 2.30. The van der Waals surface area contributed by atoms with Crippen LogP contribution in [0.2, 0.25) is 0 Å². The maximum absolute atomic E-state index is 11.5. The first-order valence-corrected chi connectivity index (χ1v) is 6.17. The number of rotatable bonds is 7. The molecule has 5 nitrogen and oxygen atoms in total. The van der Waals surface area contributed by atoms with Crippen LogP contribution in [0, 0.1) is 5.41 Å². The SMILES string of the molecule is CCN(CCOC)CC1(C(=O)O)CCCOC1. The highest BCUT2D eigenvalue weighted by Gasteiger charge is 2.41. The summed E-state index contributed by atoms with van der Waals surface area (Å²) in [4.78, 5) is 13.6. The summed E-state index contributed by atoms with van der Waals surface area (Å²) in [5, 5.41) is 9.42. The minimum atomic E-state index is -0.743. The topological polar surface area (TPSA) is 59.0 Å². The summed E-state index contributed by atoms with van der Waals surface area (Å²) in [5.41, 5.74) is -0.734. The fraction of sp³-hybridized carbons (Fsp3) is 0.917. The van der Waals surface area contributed by atoms with Crippen molar-refractivity contribution in [2.75, 3.05) is 46.6 Å². The van der Waals surface area contributed by atoms with Crippen LogP contribution in [0.5, 0.6) is 0 Å². The summed E-state index contributed by atoms with van der Waals surface area (Å²) in [7, 11) is 1.66. The van der Waals surface area contributed by atoms with Gasteiger partial charge in [-0.2, -0.15) is 0 Å². The number of carboxylic acids is 1. The monoisotopic (exact) mass is 245 g/mol. The summed E-state index contributed by atoms with van der Waals surface area (Å²) in [6, 6.07) is 0. The normalized spacial score (nSPS) is 25.1. The summed E-state index contributed by atoms with van der Waals surface area (Å²) >= 11 is 0. The Morgan fingerprint density at radius 3 is 2.82 bits per heavy atom. The number of methoxy groups -OCH3 is 1. The Hall–Kier alpha value is -0.650. The molecule has 0 amide bonds. The van der Waals surface area contributed by atoms with Gasteiger partial charge < -0.3 is 19.5 Å². The van der Waals surface area contributed by atoms with E-state index >= 15 is 0 Å². The molecule has 1 N–H and O–H groups in total. The van der Waals surface area contributed by atoms with Crippen LogP contribution in [-0.2, 0) is 14.3 Å². The smallest absolute Gasteiger partial charge is 0.313 e. The van der Waals surface area contributed by atoms with Crippen molar-refractivity contribution in [1.29, 1.82) is 0 Å². The quantitative estimate of drug-likeness (QED) is 0.720. The first kappa shape index (κ1) is 14.4. The minimum absolute atomic E-state index is 0.325. The Morgan fingerprint density at radius 1 is 1.59 bits per heavy atom. The van der Waals surface area contributed by atoms with Crippen LogP contribution >= 0.6 is 0 Å². The number of hydrogen-bond acceptors (Lipinski definition) is 4. The number of hydrogen-bond donors (Lipinski definition) is 1. The zero-order chi connectivity index (χ0) is 12.7. The van der Waals surface area contributed by atoms with Crippen LogP contribution in [0.4, 0.5) is 0 Å². The van der Waals surface area contributed by atoms with E-state index in [-0.39, 0.29) is 0 Å². The van der Waals surface area contributed by atoms with Crippen molar-refractivity contribution < 1.29 is 19.4 Å². The fourth-order valence-corrected chi connectivity index (χ4v) is 2.21. The lowest BCUT2D eigenvalue weighted by Gasteiger charge is -2.37. The standard InChI is InChI=1S/C12H23NO4/c1-3-13(6-8-16-2)9-12(11(14)15)5-4-7-17-10-12/h3-10H2,1-2H3,(H,14,15). The third-order valence-corrected chi connectivity index (χ3v) is 3.36. The van der Waals surface area contributed by atoms with Gasteiger partial charge in [-0.15, -0.1) is 0 Å². The second-order valence-corrected chi connectivity index (χ2v) is 4.60. The van der Waals surface area contributed by atoms with Crippen LogP contribution in [0.25, 0.3) is 0 Å². The molecule has 1 aliphatic rings. The maximum atomic E-state index is 11.5. The number of likely N-dealkylation sites (N-methyl/N-ethyl adjacent to an activating group) is 1. The number of carboxylic acid groups (broad SMARTS) is 1. The van der Waals surface area contributed by atoms with E-state index in [4.69, 9.17) is 9.47 Å². The average molecular weight is 245 g/mol. The molecule has 1 heterocycles. The molecule has 5 heteroatoms. The molecule has 0 aliphatic carbocycles. The highest BCUT2D eigenvalue weighted by atomic mass is 16.5. The second kappa shape index (κ2) is 6.93. The zero-order valence-corrected chi connectivity index (χ0v) is 10.8. The first-order chi connectivity index (χ1) is 8.14. The molecule has 0 aromatic carbocycles. The van der Waals surface area contributed by atoms with Gasteiger partial charge in [0.1, 0.15) is 5.41 Å². The Balaban J connectivity index is 2.60. The van der Waals surface area contributed by atoms with Crippen LogP contribution in [0.3, 0.4) is 0 Å².